The van der Waals surface area contributed by atoms with E-state index in [2.05, 4.69) is 217 Å². The van der Waals surface area contributed by atoms with Crippen molar-refractivity contribution in [2.45, 2.75) is 135 Å². The molecule has 0 aromatic heterocycles. The second kappa shape index (κ2) is 30.0. The van der Waals surface area contributed by atoms with E-state index in [0.29, 0.717) is 24.7 Å². The van der Waals surface area contributed by atoms with Gasteiger partial charge in [-0.3, -0.25) is 0 Å². The fraction of sp³-hybridized carbons (Fsp3) is 0.244. The van der Waals surface area contributed by atoms with Crippen LogP contribution >= 0.6 is 0 Å². The zero-order chi connectivity index (χ0) is 62.8. The smallest absolute Gasteiger partial charge is 0.545 e. The Kier molecular flexibility index (Phi) is 22.4. The molecule has 0 aliphatic rings. The van der Waals surface area contributed by atoms with E-state index in [1.807, 2.05) is 0 Å². The van der Waals surface area contributed by atoms with Crippen LogP contribution in [0.5, 0.6) is 11.5 Å². The van der Waals surface area contributed by atoms with Crippen molar-refractivity contribution in [3.8, 4) is 11.5 Å². The van der Waals surface area contributed by atoms with Crippen molar-refractivity contribution >= 4 is 11.9 Å². The van der Waals surface area contributed by atoms with Gasteiger partial charge in [-0.25, -0.2) is 0 Å². The van der Waals surface area contributed by atoms with Crippen molar-refractivity contribution in [2.24, 2.45) is 0 Å². The summed E-state index contributed by atoms with van der Waals surface area (Å²) in [5, 5.41) is 22.7. The van der Waals surface area contributed by atoms with E-state index in [-0.39, 0.29) is 30.6 Å². The van der Waals surface area contributed by atoms with Gasteiger partial charge >= 0.3 is 19.5 Å². The summed E-state index contributed by atoms with van der Waals surface area (Å²) in [6, 6.07) is 62.0. The molecule has 6 nitrogen and oxygen atoms in total. The fourth-order valence-corrected chi connectivity index (χ4v) is 12.7. The molecule has 0 amide bonds. The first-order chi connectivity index (χ1) is 42.2. The predicted molar refractivity (Wildman–Crippen MR) is 355 cm³/mol. The van der Waals surface area contributed by atoms with E-state index in [0.717, 1.165) is 49.7 Å². The van der Waals surface area contributed by atoms with Crippen LogP contribution in [0.2, 0.25) is 0 Å². The quantitative estimate of drug-likeness (QED) is 0.0705. The van der Waals surface area contributed by atoms with Crippen molar-refractivity contribution in [1.82, 2.24) is 0 Å². The third kappa shape index (κ3) is 17.0. The van der Waals surface area contributed by atoms with Crippen molar-refractivity contribution < 1.29 is 48.8 Å². The van der Waals surface area contributed by atoms with Crippen LogP contribution in [-0.2, 0) is 71.2 Å². The first-order valence-corrected chi connectivity index (χ1v) is 30.7. The minimum atomic E-state index is -1.24. The number of carboxylic acid groups (broad SMARTS) is 2. The predicted octanol–water partition coefficient (Wildman–Crippen LogP) is 16.5. The molecule has 0 radical (unpaired) electrons. The van der Waals surface area contributed by atoms with E-state index < -0.39 is 11.9 Å². The summed E-state index contributed by atoms with van der Waals surface area (Å²) in [5.74, 6) is -1.83. The van der Waals surface area contributed by atoms with Crippen molar-refractivity contribution in [2.75, 3.05) is 0 Å². The Morgan fingerprint density at radius 3 is 0.753 bits per heavy atom. The molecule has 0 spiro atoms. The molecule has 0 saturated carbocycles. The average molecular weight is 1230 g/mol. The minimum absolute atomic E-state index is 0. The number of aryl methyl sites for hydroxylation is 10. The van der Waals surface area contributed by atoms with Gasteiger partial charge in [0.25, 0.3) is 0 Å². The number of hydrogen-bond donors (Lipinski definition) is 0. The summed E-state index contributed by atoms with van der Waals surface area (Å²) < 4.78 is 11.6. The molecule has 0 N–H and O–H groups in total. The van der Waals surface area contributed by atoms with Gasteiger partial charge in [0.1, 0.15) is 24.7 Å². The molecule has 89 heavy (non-hydrogen) atoms. The molecular formula is C82H82O6Zn. The maximum Gasteiger partial charge on any atom is 2.00 e. The monoisotopic (exact) mass is 1230 g/mol. The number of aromatic carboxylic acids is 2. The van der Waals surface area contributed by atoms with Crippen LogP contribution in [0.3, 0.4) is 0 Å². The van der Waals surface area contributed by atoms with Crippen LogP contribution in [0.1, 0.15) is 165 Å². The normalized spacial score (nSPS) is 10.9. The van der Waals surface area contributed by atoms with Gasteiger partial charge in [0, 0.05) is 11.1 Å². The Morgan fingerprint density at radius 2 is 0.506 bits per heavy atom. The molecule has 0 atom stereocenters. The second-order valence-corrected chi connectivity index (χ2v) is 24.4. The standard InChI is InChI=1S/2C41H42O3.Zn/c2*1-26-19-27(2)37(28(3)20-26)22-32-11-13-33(14-12-32)23-38-29(4)21-30(5)39(31(38)6)24-34-15-17-35(18-16-34)25-44-40-10-8-7-9-36(40)41(42)43;/h2*7-21H,22-25H2,1-6H3,(H,42,43);/q;;+2/p-2. The molecule has 10 rings (SSSR count). The SMILES string of the molecule is Cc1cc(C)c(Cc2ccc(Cc3c(C)cc(C)c(Cc4ccc(COc5ccccc5C(=O)[O-])cc4)c3C)cc2)c(C)c1.Cc1cc(C)c(Cc2ccc(Cc3c(C)cc(C)c(Cc4ccc(COc5ccccc5C(=O)[O-])cc4)c3C)cc2)c(C)c1.[Zn+2]. The van der Waals surface area contributed by atoms with Crippen LogP contribution in [0.25, 0.3) is 0 Å². The van der Waals surface area contributed by atoms with Crippen LogP contribution in [-0.4, -0.2) is 11.9 Å². The van der Waals surface area contributed by atoms with Crippen molar-refractivity contribution in [3.63, 3.8) is 0 Å². The Morgan fingerprint density at radius 1 is 0.292 bits per heavy atom. The van der Waals surface area contributed by atoms with E-state index in [1.165, 1.54) is 146 Å². The average Bonchev–Trinajstić information content (AvgIpc) is 2.18. The molecule has 0 fully saturated rings. The number of carbonyl (C=O) groups excluding carboxylic acids is 2. The molecule has 0 saturated heterocycles. The maximum absolute atomic E-state index is 11.4. The topological polar surface area (TPSA) is 98.7 Å². The molecule has 0 aliphatic heterocycles. The Labute approximate surface area is 541 Å². The number of carboxylic acids is 2. The molecule has 7 heteroatoms. The summed E-state index contributed by atoms with van der Waals surface area (Å²) >= 11 is 0. The number of carbonyl (C=O) groups is 2. The first kappa shape index (κ1) is 66.3. The summed E-state index contributed by atoms with van der Waals surface area (Å²) in [6.45, 7) is 27.2. The molecule has 0 heterocycles. The fourth-order valence-electron chi connectivity index (χ4n) is 12.7. The Balaban J connectivity index is 0.000000228. The van der Waals surface area contributed by atoms with E-state index >= 15 is 0 Å². The van der Waals surface area contributed by atoms with Gasteiger partial charge in [0.2, 0.25) is 0 Å². The zero-order valence-corrected chi connectivity index (χ0v) is 57.1. The van der Waals surface area contributed by atoms with Gasteiger partial charge in [-0.05, 0) is 279 Å². The number of hydrogen-bond acceptors (Lipinski definition) is 6. The van der Waals surface area contributed by atoms with Crippen LogP contribution in [0, 0.1) is 83.1 Å². The van der Waals surface area contributed by atoms with Gasteiger partial charge in [0.15, 0.2) is 0 Å². The van der Waals surface area contributed by atoms with E-state index in [9.17, 15) is 19.8 Å². The molecule has 10 aromatic rings. The zero-order valence-electron chi connectivity index (χ0n) is 54.1. The molecule has 448 valence electrons. The summed E-state index contributed by atoms with van der Waals surface area (Å²) in [6.07, 6.45) is 5.46. The number of rotatable bonds is 20. The third-order valence-corrected chi connectivity index (χ3v) is 17.6. The van der Waals surface area contributed by atoms with Gasteiger partial charge in [0.05, 0.1) is 11.9 Å². The molecule has 0 unspecified atom stereocenters. The van der Waals surface area contributed by atoms with E-state index in [4.69, 9.17) is 9.47 Å². The van der Waals surface area contributed by atoms with Gasteiger partial charge < -0.3 is 29.3 Å². The minimum Gasteiger partial charge on any atom is -0.545 e. The summed E-state index contributed by atoms with van der Waals surface area (Å²) in [5.41, 5.74) is 34.5. The molecule has 0 bridgehead atoms. The maximum atomic E-state index is 11.4. The van der Waals surface area contributed by atoms with Crippen molar-refractivity contribution in [1.29, 1.82) is 0 Å². The van der Waals surface area contributed by atoms with Crippen molar-refractivity contribution in [3.05, 3.63) is 338 Å². The first-order valence-electron chi connectivity index (χ1n) is 30.7. The number of benzene rings is 10. The third-order valence-electron chi connectivity index (χ3n) is 17.6. The number of para-hydroxylation sites is 2. The molecular weight excluding hydrogens is 1150 g/mol. The van der Waals surface area contributed by atoms with Gasteiger partial charge in [-0.2, -0.15) is 0 Å². The Hall–Kier alpha value is -8.64. The van der Waals surface area contributed by atoms with E-state index in [1.54, 1.807) is 36.4 Å². The van der Waals surface area contributed by atoms with Gasteiger partial charge in [-0.1, -0.05) is 169 Å². The van der Waals surface area contributed by atoms with Crippen LogP contribution in [0.4, 0.5) is 0 Å². The molecule has 10 aromatic carbocycles. The summed E-state index contributed by atoms with van der Waals surface area (Å²) in [4.78, 5) is 22.7. The molecule has 0 aliphatic carbocycles. The Bertz CT molecular complexity index is 3820. The van der Waals surface area contributed by atoms with Crippen LogP contribution in [0.15, 0.2) is 182 Å². The largest absolute Gasteiger partial charge is 2.00 e. The van der Waals surface area contributed by atoms with Crippen LogP contribution < -0.4 is 19.7 Å². The second-order valence-electron chi connectivity index (χ2n) is 24.4. The number of ether oxygens (including phenoxy) is 2. The van der Waals surface area contributed by atoms with Gasteiger partial charge in [-0.15, -0.1) is 0 Å². The summed E-state index contributed by atoms with van der Waals surface area (Å²) in [7, 11) is 0.